The van der Waals surface area contributed by atoms with Crippen molar-refractivity contribution in [3.05, 3.63) is 35.5 Å². The minimum atomic E-state index is -1.13. The van der Waals surface area contributed by atoms with Gasteiger partial charge in [0.2, 0.25) is 0 Å². The molecule has 0 saturated carbocycles. The number of hydrogen-bond acceptors (Lipinski definition) is 4. The molecule has 1 aromatic carbocycles. The summed E-state index contributed by atoms with van der Waals surface area (Å²) in [4.78, 5) is 25.0. The van der Waals surface area contributed by atoms with Crippen LogP contribution in [0, 0.1) is 11.1 Å². The van der Waals surface area contributed by atoms with Crippen LogP contribution >= 0.6 is 0 Å². The van der Waals surface area contributed by atoms with Gasteiger partial charge < -0.3 is 15.3 Å². The van der Waals surface area contributed by atoms with Gasteiger partial charge in [-0.15, -0.1) is 0 Å². The van der Waals surface area contributed by atoms with E-state index in [0.717, 1.165) is 0 Å². The normalized spacial score (nSPS) is 15.5. The maximum atomic E-state index is 13.2. The van der Waals surface area contributed by atoms with Crippen LogP contribution in [0.5, 0.6) is 0 Å². The molecule has 2 amide bonds. The van der Waals surface area contributed by atoms with E-state index >= 15 is 0 Å². The van der Waals surface area contributed by atoms with Gasteiger partial charge in [0.1, 0.15) is 11.3 Å². The predicted octanol–water partition coefficient (Wildman–Crippen LogP) is 3.59. The van der Waals surface area contributed by atoms with Gasteiger partial charge in [0.15, 0.2) is 6.04 Å². The van der Waals surface area contributed by atoms with Crippen molar-refractivity contribution in [1.82, 2.24) is 9.96 Å². The first kappa shape index (κ1) is 20.1. The number of para-hydroxylation sites is 1. The van der Waals surface area contributed by atoms with Gasteiger partial charge in [-0.1, -0.05) is 32.0 Å². The zero-order valence-electron chi connectivity index (χ0n) is 15.3. The topological polar surface area (TPSA) is 78.5 Å². The van der Waals surface area contributed by atoms with E-state index in [-0.39, 0.29) is 12.5 Å². The van der Waals surface area contributed by atoms with E-state index in [0.29, 0.717) is 5.69 Å². The molecule has 0 bridgehead atoms. The van der Waals surface area contributed by atoms with Gasteiger partial charge in [0, 0.05) is 0 Å². The second-order valence-corrected chi connectivity index (χ2v) is 7.10. The summed E-state index contributed by atoms with van der Waals surface area (Å²) in [5.74, 6) is -0.851. The van der Waals surface area contributed by atoms with Crippen LogP contribution in [-0.4, -0.2) is 30.2 Å². The van der Waals surface area contributed by atoms with Gasteiger partial charge in [0.25, 0.3) is 0 Å². The van der Waals surface area contributed by atoms with E-state index < -0.39 is 28.3 Å². The molecule has 1 rings (SSSR count). The van der Waals surface area contributed by atoms with Crippen molar-refractivity contribution in [2.24, 2.45) is 5.92 Å². The molecule has 6 heteroatoms. The number of likely N-dealkylation sites (N-methyl/N-ethyl adjacent to an activating group) is 1. The number of quaternary nitrogens is 1. The van der Waals surface area contributed by atoms with E-state index in [4.69, 9.17) is 4.74 Å². The largest absolute Gasteiger partial charge is 0.620 e. The van der Waals surface area contributed by atoms with E-state index in [9.17, 15) is 14.8 Å². The Bertz CT molecular complexity index is 566. The fourth-order valence-electron chi connectivity index (χ4n) is 2.31. The lowest BCUT2D eigenvalue weighted by Gasteiger charge is -2.41. The molecule has 2 atom stereocenters. The summed E-state index contributed by atoms with van der Waals surface area (Å²) in [6.45, 7) is 10.5. The molecule has 1 N–H and O–H groups in total. The second kappa shape index (κ2) is 7.77. The van der Waals surface area contributed by atoms with Crippen LogP contribution in [0.2, 0.25) is 0 Å². The quantitative estimate of drug-likeness (QED) is 0.658. The Morgan fingerprint density at radius 3 is 2.17 bits per heavy atom. The smallest absolute Gasteiger partial charge is 0.408 e. The Kier molecular flexibility index (Phi) is 6.51. The minimum absolute atomic E-state index is 0.0437. The van der Waals surface area contributed by atoms with E-state index in [1.54, 1.807) is 71.9 Å². The van der Waals surface area contributed by atoms with E-state index in [1.165, 1.54) is 0 Å². The molecule has 6 nitrogen and oxygen atoms in total. The Labute approximate surface area is 144 Å². The third-order valence-electron chi connectivity index (χ3n) is 3.58. The number of alkyl carbamates (subject to hydrolysis) is 1. The summed E-state index contributed by atoms with van der Waals surface area (Å²) in [7, 11) is 0. The summed E-state index contributed by atoms with van der Waals surface area (Å²) in [6, 6.07) is 7.53. The van der Waals surface area contributed by atoms with Crippen molar-refractivity contribution in [3.63, 3.8) is 0 Å². The fourth-order valence-corrected chi connectivity index (χ4v) is 2.31. The summed E-state index contributed by atoms with van der Waals surface area (Å²) >= 11 is 0. The van der Waals surface area contributed by atoms with Crippen molar-refractivity contribution >= 4 is 17.7 Å². The number of carbonyl (C=O) groups excluding carboxylic acids is 2. The highest BCUT2D eigenvalue weighted by Crippen LogP contribution is 2.24. The van der Waals surface area contributed by atoms with Crippen LogP contribution in [0.15, 0.2) is 30.3 Å². The van der Waals surface area contributed by atoms with Crippen molar-refractivity contribution in [2.75, 3.05) is 6.54 Å². The molecule has 0 saturated heterocycles. The number of carbonyl (C=O) groups is 2. The third kappa shape index (κ3) is 5.04. The van der Waals surface area contributed by atoms with Gasteiger partial charge in [0.05, 0.1) is 6.54 Å². The second-order valence-electron chi connectivity index (χ2n) is 7.10. The predicted molar refractivity (Wildman–Crippen MR) is 95.1 cm³/mol. The molecule has 0 aliphatic carbocycles. The zero-order chi connectivity index (χ0) is 18.5. The van der Waals surface area contributed by atoms with Gasteiger partial charge in [-0.3, -0.25) is 4.65 Å². The van der Waals surface area contributed by atoms with Crippen LogP contribution in [0.25, 0.3) is 0 Å². The molecule has 0 heterocycles. The fraction of sp³-hybridized carbons (Fsp3) is 0.556. The number of ether oxygens (including phenoxy) is 1. The van der Waals surface area contributed by atoms with Crippen LogP contribution in [-0.2, 0) is 9.53 Å². The average molecular weight is 336 g/mol. The lowest BCUT2D eigenvalue weighted by molar-refractivity contribution is -0.131. The van der Waals surface area contributed by atoms with Crippen molar-refractivity contribution in [1.29, 1.82) is 0 Å². The van der Waals surface area contributed by atoms with Crippen LogP contribution < -0.4 is 9.96 Å². The Hall–Kier alpha value is -1.92. The first-order valence-electron chi connectivity index (χ1n) is 8.20. The van der Waals surface area contributed by atoms with Gasteiger partial charge in [-0.25, -0.2) is 9.59 Å². The first-order chi connectivity index (χ1) is 11.0. The maximum absolute atomic E-state index is 13.2. The third-order valence-corrected chi connectivity index (χ3v) is 3.58. The van der Waals surface area contributed by atoms with E-state index in [1.807, 2.05) is 0 Å². The summed E-state index contributed by atoms with van der Waals surface area (Å²) in [5, 5.41) is 15.7. The lowest BCUT2D eigenvalue weighted by atomic mass is 10.0. The standard InChI is InChI=1S/C18H28N2O4/c1-7-20(23,14-11-9-8-10-12-14)16(21)15(13(2)3)19-17(22)24-18(4,5)6/h8-13,15H,7H2,1-6H3,(H,19,22). The number of amides is 2. The van der Waals surface area contributed by atoms with Gasteiger partial charge >= 0.3 is 12.0 Å². The molecule has 1 aromatic rings. The number of nitrogens with zero attached hydrogens (tertiary/aromatic N) is 1. The number of hydrogen-bond donors (Lipinski definition) is 1. The minimum Gasteiger partial charge on any atom is -0.620 e. The number of nitrogens with one attached hydrogen (secondary N) is 1. The summed E-state index contributed by atoms with van der Waals surface area (Å²) < 4.78 is 4.08. The highest BCUT2D eigenvalue weighted by Gasteiger charge is 2.38. The highest BCUT2D eigenvalue weighted by atomic mass is 16.6. The van der Waals surface area contributed by atoms with Crippen LogP contribution in [0.4, 0.5) is 10.5 Å². The summed E-state index contributed by atoms with van der Waals surface area (Å²) in [5.41, 5.74) is -0.330. The van der Waals surface area contributed by atoms with Gasteiger partial charge in [-0.05, 0) is 45.7 Å². The SMILES string of the molecule is CC[N+]([O-])(C(=O)C(NC(=O)OC(C)(C)C)C(C)C)c1ccccc1. The average Bonchev–Trinajstić information content (AvgIpc) is 2.50. The summed E-state index contributed by atoms with van der Waals surface area (Å²) in [6.07, 6.45) is -0.703. The van der Waals surface area contributed by atoms with Crippen molar-refractivity contribution in [2.45, 2.75) is 53.2 Å². The Morgan fingerprint density at radius 2 is 1.75 bits per heavy atom. The molecule has 0 fully saturated rings. The number of hydroxylamine groups is 2. The monoisotopic (exact) mass is 336 g/mol. The van der Waals surface area contributed by atoms with Crippen molar-refractivity contribution < 1.29 is 14.3 Å². The molecule has 0 aromatic heterocycles. The molecule has 0 aliphatic heterocycles. The molecule has 0 spiro atoms. The molecule has 0 aliphatic rings. The Balaban J connectivity index is 3.06. The van der Waals surface area contributed by atoms with Gasteiger partial charge in [-0.2, -0.15) is 0 Å². The highest BCUT2D eigenvalue weighted by molar-refractivity contribution is 5.95. The molecule has 0 radical (unpaired) electrons. The van der Waals surface area contributed by atoms with E-state index in [2.05, 4.69) is 5.32 Å². The lowest BCUT2D eigenvalue weighted by Crippen LogP contribution is -2.60. The molecule has 134 valence electrons. The number of benzene rings is 1. The van der Waals surface area contributed by atoms with Crippen molar-refractivity contribution in [3.8, 4) is 0 Å². The molecule has 24 heavy (non-hydrogen) atoms. The van der Waals surface area contributed by atoms with Crippen LogP contribution in [0.3, 0.4) is 0 Å². The zero-order valence-corrected chi connectivity index (χ0v) is 15.3. The molecular formula is C18H28N2O4. The molecule has 2 unspecified atom stereocenters. The Morgan fingerprint density at radius 1 is 1.21 bits per heavy atom. The maximum Gasteiger partial charge on any atom is 0.408 e. The number of rotatable bonds is 5. The molecular weight excluding hydrogens is 308 g/mol. The van der Waals surface area contributed by atoms with Crippen LogP contribution in [0.1, 0.15) is 41.5 Å². The first-order valence-corrected chi connectivity index (χ1v) is 8.20.